The zero-order valence-electron chi connectivity index (χ0n) is 27.0. The van der Waals surface area contributed by atoms with Gasteiger partial charge in [0, 0.05) is 31.7 Å². The predicted molar refractivity (Wildman–Crippen MR) is 191 cm³/mol. The average Bonchev–Trinajstić information content (AvgIpc) is 3.45. The van der Waals surface area contributed by atoms with Gasteiger partial charge in [-0.3, -0.25) is 0 Å². The SMILES string of the molecule is CC(C)Cc1ccnc(-c2[c-]cc(-c3ccccc3)c3c2oc2ccccc23)c1.[CH3][Ge]([CH3])([CH3])[c]1ccc(-c2[c-]cccc2)nc1.[Ir]. The summed E-state index contributed by atoms with van der Waals surface area (Å²) in [4.78, 5) is 9.18. The van der Waals surface area contributed by atoms with E-state index >= 15 is 0 Å². The van der Waals surface area contributed by atoms with Crippen LogP contribution in [0, 0.1) is 18.1 Å². The monoisotopic (exact) mass is 841 g/mol. The number of hydrogen-bond donors (Lipinski definition) is 0. The third kappa shape index (κ3) is 7.58. The second-order valence-corrected chi connectivity index (χ2v) is 23.5. The third-order valence-corrected chi connectivity index (χ3v) is 12.1. The summed E-state index contributed by atoms with van der Waals surface area (Å²) in [6.07, 6.45) is 4.96. The van der Waals surface area contributed by atoms with Crippen molar-refractivity contribution >= 4 is 39.6 Å². The van der Waals surface area contributed by atoms with E-state index in [0.717, 1.165) is 62.0 Å². The fourth-order valence-electron chi connectivity index (χ4n) is 5.57. The topological polar surface area (TPSA) is 38.9 Å². The van der Waals surface area contributed by atoms with E-state index in [1.54, 1.807) is 0 Å². The van der Waals surface area contributed by atoms with Crippen molar-refractivity contribution in [3.63, 3.8) is 0 Å². The molecule has 3 heterocycles. The Morgan fingerprint density at radius 2 is 1.54 bits per heavy atom. The van der Waals surface area contributed by atoms with Crippen LogP contribution in [0.2, 0.25) is 17.3 Å². The van der Waals surface area contributed by atoms with Crippen molar-refractivity contribution in [2.75, 3.05) is 0 Å². The first-order chi connectivity index (χ1) is 21.8. The average molecular weight is 840 g/mol. The Hall–Kier alpha value is -3.83. The fourth-order valence-corrected chi connectivity index (χ4v) is 7.74. The van der Waals surface area contributed by atoms with Gasteiger partial charge in [-0.15, -0.1) is 12.1 Å². The van der Waals surface area contributed by atoms with E-state index < -0.39 is 13.3 Å². The molecule has 0 aliphatic rings. The van der Waals surface area contributed by atoms with Crippen LogP contribution < -0.4 is 4.40 Å². The predicted octanol–water partition coefficient (Wildman–Crippen LogP) is 10.4. The number of aromatic nitrogens is 2. The van der Waals surface area contributed by atoms with Crippen LogP contribution in [0.1, 0.15) is 19.4 Å². The van der Waals surface area contributed by atoms with Crippen LogP contribution >= 0.6 is 0 Å². The van der Waals surface area contributed by atoms with Crippen LogP contribution in [0.4, 0.5) is 0 Å². The zero-order chi connectivity index (χ0) is 31.4. The maximum Gasteiger partial charge on any atom is 0 e. The van der Waals surface area contributed by atoms with E-state index in [1.807, 2.05) is 54.9 Å². The molecule has 0 spiro atoms. The molecule has 233 valence electrons. The number of fused-ring (bicyclic) bond motifs is 3. The molecule has 4 aromatic carbocycles. The Kier molecular flexibility index (Phi) is 10.7. The van der Waals surface area contributed by atoms with Gasteiger partial charge in [0.15, 0.2) is 0 Å². The molecular formula is C41H38GeIrN2O-2. The molecule has 0 unspecified atom stereocenters. The minimum atomic E-state index is -1.72. The first kappa shape index (κ1) is 33.5. The Morgan fingerprint density at radius 1 is 0.783 bits per heavy atom. The molecule has 0 amide bonds. The van der Waals surface area contributed by atoms with Crippen LogP contribution in [0.25, 0.3) is 55.6 Å². The summed E-state index contributed by atoms with van der Waals surface area (Å²) in [5, 5.41) is 2.24. The van der Waals surface area contributed by atoms with Gasteiger partial charge in [0.25, 0.3) is 0 Å². The van der Waals surface area contributed by atoms with Gasteiger partial charge in [-0.25, -0.2) is 0 Å². The normalized spacial score (nSPS) is 11.3. The van der Waals surface area contributed by atoms with E-state index in [0.29, 0.717) is 5.92 Å². The first-order valence-electron chi connectivity index (χ1n) is 15.6. The molecule has 0 N–H and O–H groups in total. The number of nitrogens with zero attached hydrogens (tertiary/aromatic N) is 2. The van der Waals surface area contributed by atoms with Crippen LogP contribution in [-0.4, -0.2) is 23.2 Å². The quantitative estimate of drug-likeness (QED) is 0.124. The number of para-hydroxylation sites is 1. The van der Waals surface area contributed by atoms with Crippen molar-refractivity contribution in [2.45, 2.75) is 37.5 Å². The summed E-state index contributed by atoms with van der Waals surface area (Å²) in [5.74, 6) is 7.74. The summed E-state index contributed by atoms with van der Waals surface area (Å²) in [7, 11) is 0. The van der Waals surface area contributed by atoms with Crippen LogP contribution in [-0.2, 0) is 26.5 Å². The van der Waals surface area contributed by atoms with Crippen molar-refractivity contribution in [2.24, 2.45) is 5.92 Å². The van der Waals surface area contributed by atoms with Crippen LogP contribution in [0.15, 0.2) is 126 Å². The Bertz CT molecular complexity index is 2030. The summed E-state index contributed by atoms with van der Waals surface area (Å²) in [6.45, 7) is 4.47. The molecule has 3 aromatic heterocycles. The molecule has 7 aromatic rings. The van der Waals surface area contributed by atoms with Gasteiger partial charge in [0.1, 0.15) is 5.58 Å². The molecule has 0 atom stereocenters. The number of pyridine rings is 2. The molecule has 0 saturated carbocycles. The zero-order valence-corrected chi connectivity index (χ0v) is 31.5. The molecule has 7 rings (SSSR count). The standard InChI is InChI=1S/C27H22NO.C14H16GeN.Ir/c1-18(2)16-19-14-15-28-24(17-19)22-13-12-21(20-8-4-3-5-9-20)26-23-10-6-7-11-25(23)29-27(22)26;1-15(2,3)13-9-10-14(16-11-13)12-7-5-4-6-8-12;/h3-12,14-15,17-18H,16H2,1-2H3;4-7,9-11H,1-3H3;/q2*-1;. The second kappa shape index (κ2) is 14.7. The number of furan rings is 1. The van der Waals surface area contributed by atoms with Gasteiger partial charge in [-0.1, -0.05) is 90.7 Å². The van der Waals surface area contributed by atoms with E-state index in [9.17, 15) is 0 Å². The number of rotatable bonds is 6. The van der Waals surface area contributed by atoms with Gasteiger partial charge in [-0.2, -0.15) is 0 Å². The third-order valence-electron chi connectivity index (χ3n) is 7.88. The van der Waals surface area contributed by atoms with Gasteiger partial charge in [-0.05, 0) is 35.6 Å². The van der Waals surface area contributed by atoms with Crippen molar-refractivity contribution < 1.29 is 24.5 Å². The second-order valence-electron chi connectivity index (χ2n) is 12.9. The summed E-state index contributed by atoms with van der Waals surface area (Å²) >= 11 is -1.72. The van der Waals surface area contributed by atoms with Gasteiger partial charge < -0.3 is 9.40 Å². The van der Waals surface area contributed by atoms with Crippen molar-refractivity contribution in [3.05, 3.63) is 139 Å². The van der Waals surface area contributed by atoms with Gasteiger partial charge in [0.05, 0.1) is 5.58 Å². The Balaban J connectivity index is 0.000000209. The summed E-state index contributed by atoms with van der Waals surface area (Å²) in [6, 6.07) is 44.0. The first-order valence-corrected chi connectivity index (χ1v) is 22.9. The molecular weight excluding hydrogens is 801 g/mol. The molecule has 0 bridgehead atoms. The van der Waals surface area contributed by atoms with Crippen molar-refractivity contribution in [3.8, 4) is 33.6 Å². The number of hydrogen-bond acceptors (Lipinski definition) is 3. The van der Waals surface area contributed by atoms with E-state index in [-0.39, 0.29) is 20.1 Å². The molecule has 0 fully saturated rings. The molecule has 1 radical (unpaired) electrons. The van der Waals surface area contributed by atoms with E-state index in [1.165, 1.54) is 9.96 Å². The minimum Gasteiger partial charge on any atom is 0 e. The largest absolute Gasteiger partial charge is 0 e. The molecule has 0 saturated heterocycles. The molecule has 5 heteroatoms. The Morgan fingerprint density at radius 3 is 2.24 bits per heavy atom. The van der Waals surface area contributed by atoms with Gasteiger partial charge >= 0.3 is 99.8 Å². The summed E-state index contributed by atoms with van der Waals surface area (Å²) in [5.41, 5.74) is 9.22. The van der Waals surface area contributed by atoms with Crippen molar-refractivity contribution in [1.82, 2.24) is 9.97 Å². The molecule has 0 aliphatic heterocycles. The Labute approximate surface area is 288 Å². The van der Waals surface area contributed by atoms with E-state index in [4.69, 9.17) is 4.42 Å². The van der Waals surface area contributed by atoms with Crippen LogP contribution in [0.5, 0.6) is 0 Å². The molecule has 0 aliphatic carbocycles. The van der Waals surface area contributed by atoms with E-state index in [2.05, 4.69) is 120 Å². The fraction of sp³-hybridized carbons (Fsp3) is 0.171. The maximum atomic E-state index is 6.35. The minimum absolute atomic E-state index is 0. The molecule has 46 heavy (non-hydrogen) atoms. The van der Waals surface area contributed by atoms with Gasteiger partial charge in [0.2, 0.25) is 0 Å². The number of benzene rings is 4. The van der Waals surface area contributed by atoms with Crippen LogP contribution in [0.3, 0.4) is 0 Å². The summed E-state index contributed by atoms with van der Waals surface area (Å²) < 4.78 is 7.79. The van der Waals surface area contributed by atoms with Crippen molar-refractivity contribution in [1.29, 1.82) is 0 Å². The maximum absolute atomic E-state index is 6.35. The molecule has 3 nitrogen and oxygen atoms in total. The smallest absolute Gasteiger partial charge is 0 e.